The van der Waals surface area contributed by atoms with Crippen LogP contribution in [0.2, 0.25) is 0 Å². The van der Waals surface area contributed by atoms with Gasteiger partial charge in [0, 0.05) is 12.0 Å². The van der Waals surface area contributed by atoms with Crippen molar-refractivity contribution in [2.75, 3.05) is 0 Å². The second-order valence-corrected chi connectivity index (χ2v) is 4.10. The van der Waals surface area contributed by atoms with E-state index < -0.39 is 12.0 Å². The van der Waals surface area contributed by atoms with Crippen LogP contribution in [-0.2, 0) is 6.42 Å². The molecule has 2 rings (SSSR count). The first-order chi connectivity index (χ1) is 8.17. The number of benzene rings is 1. The number of rotatable bonds is 2. The maximum Gasteiger partial charge on any atom is 0.187 e. The summed E-state index contributed by atoms with van der Waals surface area (Å²) in [7, 11) is 0. The van der Waals surface area contributed by atoms with Gasteiger partial charge in [-0.05, 0) is 12.0 Å². The predicted molar refractivity (Wildman–Crippen MR) is 63.7 cm³/mol. The normalized spacial score (nSPS) is 19.2. The number of aliphatic hydroxyl groups excluding tert-OH is 1. The van der Waals surface area contributed by atoms with Crippen molar-refractivity contribution < 1.29 is 9.90 Å². The van der Waals surface area contributed by atoms with E-state index in [0.29, 0.717) is 17.7 Å². The molecule has 0 saturated carbocycles. The first-order valence-corrected chi connectivity index (χ1v) is 5.33. The van der Waals surface area contributed by atoms with Crippen molar-refractivity contribution in [2.45, 2.75) is 18.9 Å². The summed E-state index contributed by atoms with van der Waals surface area (Å²) in [5.74, 6) is 1.84. The van der Waals surface area contributed by atoms with E-state index >= 15 is 0 Å². The predicted octanol–water partition coefficient (Wildman–Crippen LogP) is 1.98. The minimum absolute atomic E-state index is 0.0701. The highest BCUT2D eigenvalue weighted by molar-refractivity contribution is 6.03. The summed E-state index contributed by atoms with van der Waals surface area (Å²) in [5.41, 5.74) is 1.96. The largest absolute Gasteiger partial charge is 0.391 e. The molecule has 0 fully saturated rings. The van der Waals surface area contributed by atoms with Gasteiger partial charge in [-0.2, -0.15) is 0 Å². The van der Waals surface area contributed by atoms with Crippen LogP contribution >= 0.6 is 0 Å². The maximum atomic E-state index is 12.0. The monoisotopic (exact) mass is 225 g/mol. The van der Waals surface area contributed by atoms with Gasteiger partial charge in [-0.25, -0.2) is 4.85 Å². The third-order valence-electron chi connectivity index (χ3n) is 3.05. The molecule has 0 saturated heterocycles. The van der Waals surface area contributed by atoms with Crippen LogP contribution in [0.3, 0.4) is 0 Å². The number of hydrogen-bond acceptors (Lipinski definition) is 2. The molecule has 3 heteroatoms. The van der Waals surface area contributed by atoms with E-state index in [0.717, 1.165) is 5.56 Å². The Bertz CT molecular complexity index is 548. The number of hydrogen-bond donors (Lipinski definition) is 1. The highest BCUT2D eigenvalue weighted by Crippen LogP contribution is 2.32. The van der Waals surface area contributed by atoms with Crippen LogP contribution in [0.5, 0.6) is 0 Å². The van der Waals surface area contributed by atoms with Crippen molar-refractivity contribution in [3.8, 4) is 12.3 Å². The molecule has 1 aromatic carbocycles. The Morgan fingerprint density at radius 1 is 1.65 bits per heavy atom. The summed E-state index contributed by atoms with van der Waals surface area (Å²) in [6.45, 7) is 6.92. The standard InChI is InChI=1S/C14H11NO2/c1-3-4-13(16)12-8-9-7-10(15-2)5-6-11(9)14(12)17/h1,5-7,12-13,16H,4,8H2. The zero-order valence-corrected chi connectivity index (χ0v) is 9.18. The van der Waals surface area contributed by atoms with Gasteiger partial charge in [-0.3, -0.25) is 4.79 Å². The number of fused-ring (bicyclic) bond motifs is 1. The summed E-state index contributed by atoms with van der Waals surface area (Å²) in [6.07, 6.45) is 4.99. The van der Waals surface area contributed by atoms with Gasteiger partial charge < -0.3 is 5.11 Å². The number of Topliss-reactive ketones (excluding diaryl/α,β-unsaturated/α-hetero) is 1. The first-order valence-electron chi connectivity index (χ1n) is 5.33. The van der Waals surface area contributed by atoms with Gasteiger partial charge in [0.05, 0.1) is 18.6 Å². The molecule has 0 heterocycles. The number of ketones is 1. The van der Waals surface area contributed by atoms with Gasteiger partial charge in [0.2, 0.25) is 0 Å². The molecule has 1 aliphatic rings. The number of carbonyl (C=O) groups is 1. The molecule has 0 aliphatic heterocycles. The SMILES string of the molecule is [C-]#[N+]c1ccc2c(c1)CC(C(O)CC#C)C2=O. The van der Waals surface area contributed by atoms with E-state index in [9.17, 15) is 9.90 Å². The summed E-state index contributed by atoms with van der Waals surface area (Å²) in [6, 6.07) is 5.00. The molecule has 0 radical (unpaired) electrons. The average Bonchev–Trinajstić information content (AvgIpc) is 2.66. The Morgan fingerprint density at radius 2 is 2.41 bits per heavy atom. The van der Waals surface area contributed by atoms with Crippen LogP contribution in [-0.4, -0.2) is 17.0 Å². The Kier molecular flexibility index (Phi) is 2.95. The summed E-state index contributed by atoms with van der Waals surface area (Å²) < 4.78 is 0. The molecule has 0 spiro atoms. The maximum absolute atomic E-state index is 12.0. The highest BCUT2D eigenvalue weighted by atomic mass is 16.3. The number of terminal acetylenes is 1. The Hall–Kier alpha value is -2.10. The van der Waals surface area contributed by atoms with Gasteiger partial charge in [0.25, 0.3) is 0 Å². The van der Waals surface area contributed by atoms with Gasteiger partial charge in [-0.1, -0.05) is 18.2 Å². The molecule has 2 unspecified atom stereocenters. The van der Waals surface area contributed by atoms with Crippen molar-refractivity contribution in [1.82, 2.24) is 0 Å². The summed E-state index contributed by atoms with van der Waals surface area (Å²) in [4.78, 5) is 15.3. The minimum Gasteiger partial charge on any atom is -0.391 e. The smallest absolute Gasteiger partial charge is 0.187 e. The fraction of sp³-hybridized carbons (Fsp3) is 0.286. The molecule has 1 N–H and O–H groups in total. The fourth-order valence-corrected chi connectivity index (χ4v) is 2.16. The molecule has 0 bridgehead atoms. The average molecular weight is 225 g/mol. The van der Waals surface area contributed by atoms with Crippen molar-refractivity contribution in [1.29, 1.82) is 0 Å². The molecule has 1 aromatic rings. The number of nitrogens with zero attached hydrogens (tertiary/aromatic N) is 1. The van der Waals surface area contributed by atoms with Crippen LogP contribution in [0.25, 0.3) is 4.85 Å². The lowest BCUT2D eigenvalue weighted by molar-refractivity contribution is 0.0725. The Balaban J connectivity index is 2.30. The summed E-state index contributed by atoms with van der Waals surface area (Å²) >= 11 is 0. The van der Waals surface area contributed by atoms with Gasteiger partial charge >= 0.3 is 0 Å². The third kappa shape index (κ3) is 1.93. The molecule has 3 nitrogen and oxygen atoms in total. The van der Waals surface area contributed by atoms with E-state index in [4.69, 9.17) is 13.0 Å². The van der Waals surface area contributed by atoms with Gasteiger partial charge in [0.1, 0.15) is 0 Å². The van der Waals surface area contributed by atoms with Crippen LogP contribution in [0.1, 0.15) is 22.3 Å². The van der Waals surface area contributed by atoms with E-state index in [1.54, 1.807) is 18.2 Å². The zero-order valence-electron chi connectivity index (χ0n) is 9.18. The topological polar surface area (TPSA) is 41.7 Å². The number of carbonyl (C=O) groups excluding carboxylic acids is 1. The Morgan fingerprint density at radius 3 is 3.06 bits per heavy atom. The highest BCUT2D eigenvalue weighted by Gasteiger charge is 2.34. The number of aliphatic hydroxyl groups is 1. The minimum atomic E-state index is -0.795. The lowest BCUT2D eigenvalue weighted by Gasteiger charge is -2.13. The molecular weight excluding hydrogens is 214 g/mol. The van der Waals surface area contributed by atoms with E-state index in [-0.39, 0.29) is 12.2 Å². The molecule has 0 aromatic heterocycles. The van der Waals surface area contributed by atoms with Crippen molar-refractivity contribution in [2.24, 2.45) is 5.92 Å². The molecule has 17 heavy (non-hydrogen) atoms. The second kappa shape index (κ2) is 4.41. The van der Waals surface area contributed by atoms with E-state index in [1.807, 2.05) is 0 Å². The van der Waals surface area contributed by atoms with Crippen LogP contribution < -0.4 is 0 Å². The van der Waals surface area contributed by atoms with Crippen molar-refractivity contribution in [3.05, 3.63) is 40.7 Å². The van der Waals surface area contributed by atoms with Crippen LogP contribution in [0, 0.1) is 24.8 Å². The Labute approximate surface area is 99.9 Å². The van der Waals surface area contributed by atoms with Crippen molar-refractivity contribution >= 4 is 11.5 Å². The third-order valence-corrected chi connectivity index (χ3v) is 3.05. The van der Waals surface area contributed by atoms with Crippen molar-refractivity contribution in [3.63, 3.8) is 0 Å². The van der Waals surface area contributed by atoms with E-state index in [2.05, 4.69) is 10.8 Å². The van der Waals surface area contributed by atoms with Crippen LogP contribution in [0.4, 0.5) is 5.69 Å². The quantitative estimate of drug-likeness (QED) is 0.617. The van der Waals surface area contributed by atoms with Gasteiger partial charge in [-0.15, -0.1) is 12.3 Å². The molecule has 1 aliphatic carbocycles. The molecule has 2 atom stereocenters. The summed E-state index contributed by atoms with van der Waals surface area (Å²) in [5, 5.41) is 9.79. The van der Waals surface area contributed by atoms with Crippen LogP contribution in [0.15, 0.2) is 18.2 Å². The first kappa shape index (κ1) is 11.4. The zero-order chi connectivity index (χ0) is 12.4. The molecule has 0 amide bonds. The second-order valence-electron chi connectivity index (χ2n) is 4.10. The van der Waals surface area contributed by atoms with Gasteiger partial charge in [0.15, 0.2) is 11.5 Å². The molecular formula is C14H11NO2. The molecule has 84 valence electrons. The van der Waals surface area contributed by atoms with E-state index in [1.165, 1.54) is 0 Å². The lowest BCUT2D eigenvalue weighted by atomic mass is 9.96. The fourth-order valence-electron chi connectivity index (χ4n) is 2.16. The lowest BCUT2D eigenvalue weighted by Crippen LogP contribution is -2.25.